The van der Waals surface area contributed by atoms with Crippen LogP contribution in [0.4, 0.5) is 0 Å². The summed E-state index contributed by atoms with van der Waals surface area (Å²) >= 11 is 0. The van der Waals surface area contributed by atoms with Crippen LogP contribution in [0.3, 0.4) is 0 Å². The minimum absolute atomic E-state index is 0.0315. The Balaban J connectivity index is 1.55. The number of hydrogen-bond donors (Lipinski definition) is 1. The molecule has 1 saturated carbocycles. The predicted molar refractivity (Wildman–Crippen MR) is 79.5 cm³/mol. The lowest BCUT2D eigenvalue weighted by atomic mass is 9.91. The first kappa shape index (κ1) is 14.1. The smallest absolute Gasteiger partial charge is 0.258 e. The fourth-order valence-corrected chi connectivity index (χ4v) is 2.87. The summed E-state index contributed by atoms with van der Waals surface area (Å²) in [5, 5.41) is 2.96. The topological polar surface area (TPSA) is 55.4 Å². The van der Waals surface area contributed by atoms with Gasteiger partial charge in [-0.1, -0.05) is 0 Å². The molecule has 112 valence electrons. The van der Waals surface area contributed by atoms with Gasteiger partial charge in [0.2, 0.25) is 0 Å². The molecule has 0 saturated heterocycles. The fourth-order valence-electron chi connectivity index (χ4n) is 2.87. The first-order valence-electron chi connectivity index (χ1n) is 7.72. The molecule has 0 unspecified atom stereocenters. The first-order valence-corrected chi connectivity index (χ1v) is 7.72. The molecule has 0 spiro atoms. The van der Waals surface area contributed by atoms with E-state index in [4.69, 9.17) is 4.74 Å². The summed E-state index contributed by atoms with van der Waals surface area (Å²) in [6.45, 7) is 2.07. The summed E-state index contributed by atoms with van der Waals surface area (Å²) in [4.78, 5) is 23.6. The summed E-state index contributed by atoms with van der Waals surface area (Å²) in [7, 11) is 0. The Kier molecular flexibility index (Phi) is 3.95. The second-order valence-electron chi connectivity index (χ2n) is 6.08. The van der Waals surface area contributed by atoms with Crippen LogP contribution in [-0.4, -0.2) is 24.3 Å². The Morgan fingerprint density at radius 2 is 2.19 bits per heavy atom. The molecule has 0 radical (unpaired) electrons. The SMILES string of the molecule is C[C@H](NC(=O)COc1ccc2c(c1)CCCC2=O)C1CC1. The van der Waals surface area contributed by atoms with Gasteiger partial charge in [0.15, 0.2) is 12.4 Å². The van der Waals surface area contributed by atoms with E-state index in [0.29, 0.717) is 18.1 Å². The van der Waals surface area contributed by atoms with Crippen LogP contribution < -0.4 is 10.1 Å². The average molecular weight is 287 g/mol. The maximum Gasteiger partial charge on any atom is 0.258 e. The summed E-state index contributed by atoms with van der Waals surface area (Å²) in [5.74, 6) is 1.43. The van der Waals surface area contributed by atoms with Crippen molar-refractivity contribution < 1.29 is 14.3 Å². The molecule has 1 fully saturated rings. The van der Waals surface area contributed by atoms with Crippen molar-refractivity contribution in [1.29, 1.82) is 0 Å². The van der Waals surface area contributed by atoms with Crippen molar-refractivity contribution in [3.63, 3.8) is 0 Å². The molecule has 2 aliphatic rings. The van der Waals surface area contributed by atoms with Crippen molar-refractivity contribution in [2.24, 2.45) is 5.92 Å². The number of hydrogen-bond acceptors (Lipinski definition) is 3. The molecule has 21 heavy (non-hydrogen) atoms. The predicted octanol–water partition coefficient (Wildman–Crippen LogP) is 2.50. The van der Waals surface area contributed by atoms with E-state index in [0.717, 1.165) is 24.0 Å². The highest BCUT2D eigenvalue weighted by atomic mass is 16.5. The number of Topliss-reactive ketones (excluding diaryl/α,β-unsaturated/α-hetero) is 1. The lowest BCUT2D eigenvalue weighted by molar-refractivity contribution is -0.123. The van der Waals surface area contributed by atoms with Crippen molar-refractivity contribution in [2.45, 2.75) is 45.1 Å². The standard InChI is InChI=1S/C17H21NO3/c1-11(12-5-6-12)18-17(20)10-21-14-7-8-15-13(9-14)3-2-4-16(15)19/h7-9,11-12H,2-6,10H2,1H3,(H,18,20)/t11-/m0/s1. The van der Waals surface area contributed by atoms with Crippen LogP contribution in [0.1, 0.15) is 48.5 Å². The van der Waals surface area contributed by atoms with Crippen LogP contribution in [0, 0.1) is 5.92 Å². The molecule has 0 heterocycles. The summed E-state index contributed by atoms with van der Waals surface area (Å²) < 4.78 is 5.55. The number of carbonyl (C=O) groups excluding carboxylic acids is 2. The molecule has 1 amide bonds. The van der Waals surface area contributed by atoms with Crippen molar-refractivity contribution >= 4 is 11.7 Å². The van der Waals surface area contributed by atoms with Crippen molar-refractivity contribution in [1.82, 2.24) is 5.32 Å². The number of aryl methyl sites for hydroxylation is 1. The van der Waals surface area contributed by atoms with E-state index in [1.165, 1.54) is 12.8 Å². The lowest BCUT2D eigenvalue weighted by Gasteiger charge is -2.16. The van der Waals surface area contributed by atoms with Crippen molar-refractivity contribution in [3.05, 3.63) is 29.3 Å². The van der Waals surface area contributed by atoms with Gasteiger partial charge >= 0.3 is 0 Å². The van der Waals surface area contributed by atoms with Gasteiger partial charge in [-0.2, -0.15) is 0 Å². The zero-order chi connectivity index (χ0) is 14.8. The number of amides is 1. The molecule has 4 heteroatoms. The third-order valence-electron chi connectivity index (χ3n) is 4.31. The van der Waals surface area contributed by atoms with Crippen molar-refractivity contribution in [2.75, 3.05) is 6.61 Å². The van der Waals surface area contributed by atoms with E-state index in [-0.39, 0.29) is 24.3 Å². The molecular weight excluding hydrogens is 266 g/mol. The third-order valence-corrected chi connectivity index (χ3v) is 4.31. The minimum Gasteiger partial charge on any atom is -0.484 e. The van der Waals surface area contributed by atoms with Crippen LogP contribution in [0.15, 0.2) is 18.2 Å². The number of benzene rings is 1. The highest BCUT2D eigenvalue weighted by Crippen LogP contribution is 2.32. The number of ether oxygens (including phenoxy) is 1. The van der Waals surface area contributed by atoms with E-state index in [1.807, 2.05) is 19.1 Å². The van der Waals surface area contributed by atoms with E-state index < -0.39 is 0 Å². The number of carbonyl (C=O) groups is 2. The summed E-state index contributed by atoms with van der Waals surface area (Å²) in [6.07, 6.45) is 4.86. The van der Waals surface area contributed by atoms with Gasteiger partial charge in [0, 0.05) is 18.0 Å². The number of nitrogens with one attached hydrogen (secondary N) is 1. The average Bonchev–Trinajstić information content (AvgIpc) is 3.30. The van der Waals surface area contributed by atoms with Crippen LogP contribution >= 0.6 is 0 Å². The number of fused-ring (bicyclic) bond motifs is 1. The second-order valence-corrected chi connectivity index (χ2v) is 6.08. The second kappa shape index (κ2) is 5.88. The Hall–Kier alpha value is -1.84. The molecule has 1 N–H and O–H groups in total. The van der Waals surface area contributed by atoms with Gasteiger partial charge in [-0.25, -0.2) is 0 Å². The summed E-state index contributed by atoms with van der Waals surface area (Å²) in [6, 6.07) is 5.72. The quantitative estimate of drug-likeness (QED) is 0.905. The van der Waals surface area contributed by atoms with Gasteiger partial charge in [0.1, 0.15) is 5.75 Å². The van der Waals surface area contributed by atoms with Crippen LogP contribution in [0.2, 0.25) is 0 Å². The van der Waals surface area contributed by atoms with E-state index in [9.17, 15) is 9.59 Å². The van der Waals surface area contributed by atoms with Gasteiger partial charge in [-0.3, -0.25) is 9.59 Å². The Labute approximate surface area is 124 Å². The van der Waals surface area contributed by atoms with Gasteiger partial charge < -0.3 is 10.1 Å². The summed E-state index contributed by atoms with van der Waals surface area (Å²) in [5.41, 5.74) is 1.84. The van der Waals surface area contributed by atoms with E-state index in [1.54, 1.807) is 6.07 Å². The Bertz CT molecular complexity index is 563. The molecule has 2 aliphatic carbocycles. The monoisotopic (exact) mass is 287 g/mol. The Morgan fingerprint density at radius 3 is 2.95 bits per heavy atom. The lowest BCUT2D eigenvalue weighted by Crippen LogP contribution is -2.37. The molecule has 0 aliphatic heterocycles. The highest BCUT2D eigenvalue weighted by Gasteiger charge is 2.28. The van der Waals surface area contributed by atoms with Gasteiger partial charge in [-0.15, -0.1) is 0 Å². The zero-order valence-corrected chi connectivity index (χ0v) is 12.4. The largest absolute Gasteiger partial charge is 0.484 e. The molecule has 0 bridgehead atoms. The molecule has 4 nitrogen and oxygen atoms in total. The Morgan fingerprint density at radius 1 is 1.38 bits per heavy atom. The number of ketones is 1. The highest BCUT2D eigenvalue weighted by molar-refractivity contribution is 5.98. The fraction of sp³-hybridized carbons (Fsp3) is 0.529. The maximum absolute atomic E-state index is 11.8. The maximum atomic E-state index is 11.8. The molecular formula is C17H21NO3. The zero-order valence-electron chi connectivity index (χ0n) is 12.4. The normalized spacial score (nSPS) is 18.8. The van der Waals surface area contributed by atoms with Gasteiger partial charge in [0.25, 0.3) is 5.91 Å². The molecule has 1 aromatic carbocycles. The molecule has 1 atom stereocenters. The van der Waals surface area contributed by atoms with Crippen molar-refractivity contribution in [3.8, 4) is 5.75 Å². The van der Waals surface area contributed by atoms with Gasteiger partial charge in [-0.05, 0) is 62.3 Å². The molecule has 0 aromatic heterocycles. The van der Waals surface area contributed by atoms with Crippen LogP contribution in [0.5, 0.6) is 5.75 Å². The van der Waals surface area contributed by atoms with E-state index >= 15 is 0 Å². The van der Waals surface area contributed by atoms with Crippen LogP contribution in [0.25, 0.3) is 0 Å². The van der Waals surface area contributed by atoms with E-state index in [2.05, 4.69) is 5.32 Å². The third kappa shape index (κ3) is 3.43. The first-order chi connectivity index (χ1) is 10.1. The number of rotatable bonds is 5. The minimum atomic E-state index is -0.0804. The molecule has 1 aromatic rings. The van der Waals surface area contributed by atoms with Gasteiger partial charge in [0.05, 0.1) is 0 Å². The molecule has 3 rings (SSSR count). The van der Waals surface area contributed by atoms with Crippen LogP contribution in [-0.2, 0) is 11.2 Å².